The normalized spacial score (nSPS) is 11.5. The maximum absolute atomic E-state index is 12.4. The summed E-state index contributed by atoms with van der Waals surface area (Å²) in [5.41, 5.74) is 1.62. The molecule has 0 aliphatic carbocycles. The highest BCUT2D eigenvalue weighted by atomic mass is 19.4. The highest BCUT2D eigenvalue weighted by molar-refractivity contribution is 5.25. The molecule has 2 aromatic rings. The Bertz CT molecular complexity index is 498. The molecular formula is C16H15F3. The van der Waals surface area contributed by atoms with E-state index in [1.807, 2.05) is 18.2 Å². The molecule has 0 saturated carbocycles. The van der Waals surface area contributed by atoms with Gasteiger partial charge < -0.3 is 0 Å². The third-order valence-corrected chi connectivity index (χ3v) is 3.05. The largest absolute Gasteiger partial charge is 0.416 e. The molecule has 0 aromatic heterocycles. The van der Waals surface area contributed by atoms with E-state index >= 15 is 0 Å². The molecule has 0 atom stereocenters. The molecule has 3 heteroatoms. The number of rotatable bonds is 4. The van der Waals surface area contributed by atoms with Crippen LogP contribution in [-0.4, -0.2) is 0 Å². The Hall–Kier alpha value is -1.77. The van der Waals surface area contributed by atoms with E-state index in [1.165, 1.54) is 5.56 Å². The van der Waals surface area contributed by atoms with E-state index in [4.69, 9.17) is 0 Å². The van der Waals surface area contributed by atoms with Crippen LogP contribution in [0.15, 0.2) is 54.6 Å². The molecule has 0 amide bonds. The van der Waals surface area contributed by atoms with Gasteiger partial charge >= 0.3 is 6.18 Å². The van der Waals surface area contributed by atoms with Gasteiger partial charge in [0.2, 0.25) is 0 Å². The highest BCUT2D eigenvalue weighted by Crippen LogP contribution is 2.29. The Morgan fingerprint density at radius 2 is 1.21 bits per heavy atom. The van der Waals surface area contributed by atoms with E-state index in [0.717, 1.165) is 37.0 Å². The standard InChI is InChI=1S/C16H15F3/c17-16(18,19)15-11-9-14(10-12-15)8-4-7-13-5-2-1-3-6-13/h1-3,5-6,9-12H,4,7-8H2. The lowest BCUT2D eigenvalue weighted by Gasteiger charge is -2.07. The smallest absolute Gasteiger partial charge is 0.166 e. The van der Waals surface area contributed by atoms with Gasteiger partial charge in [0.15, 0.2) is 0 Å². The second kappa shape index (κ2) is 5.91. The minimum atomic E-state index is -4.25. The Kier molecular flexibility index (Phi) is 4.25. The fourth-order valence-corrected chi connectivity index (χ4v) is 2.00. The fourth-order valence-electron chi connectivity index (χ4n) is 2.00. The van der Waals surface area contributed by atoms with Crippen molar-refractivity contribution >= 4 is 0 Å². The first-order valence-corrected chi connectivity index (χ1v) is 6.26. The topological polar surface area (TPSA) is 0 Å². The van der Waals surface area contributed by atoms with Crippen LogP contribution >= 0.6 is 0 Å². The summed E-state index contributed by atoms with van der Waals surface area (Å²) in [7, 11) is 0. The van der Waals surface area contributed by atoms with Gasteiger partial charge in [0.05, 0.1) is 5.56 Å². The SMILES string of the molecule is FC(F)(F)c1ccc(CCCc2ccccc2)cc1. The maximum Gasteiger partial charge on any atom is 0.416 e. The van der Waals surface area contributed by atoms with Crippen LogP contribution in [0.3, 0.4) is 0 Å². The van der Waals surface area contributed by atoms with Crippen molar-refractivity contribution in [1.29, 1.82) is 0 Å². The van der Waals surface area contributed by atoms with Crippen LogP contribution in [0.5, 0.6) is 0 Å². The third kappa shape index (κ3) is 4.12. The van der Waals surface area contributed by atoms with Crippen molar-refractivity contribution in [2.75, 3.05) is 0 Å². The van der Waals surface area contributed by atoms with Crippen molar-refractivity contribution in [3.63, 3.8) is 0 Å². The maximum atomic E-state index is 12.4. The summed E-state index contributed by atoms with van der Waals surface area (Å²) in [6.45, 7) is 0. The van der Waals surface area contributed by atoms with Gasteiger partial charge in [0, 0.05) is 0 Å². The van der Waals surface area contributed by atoms with Crippen LogP contribution < -0.4 is 0 Å². The van der Waals surface area contributed by atoms with Gasteiger partial charge in [0.25, 0.3) is 0 Å². The summed E-state index contributed by atoms with van der Waals surface area (Å²) in [5, 5.41) is 0. The zero-order valence-corrected chi connectivity index (χ0v) is 10.5. The average molecular weight is 264 g/mol. The molecule has 0 nitrogen and oxygen atoms in total. The molecule has 100 valence electrons. The molecule has 0 radical (unpaired) electrons. The molecule has 0 unspecified atom stereocenters. The lowest BCUT2D eigenvalue weighted by molar-refractivity contribution is -0.137. The van der Waals surface area contributed by atoms with Crippen LogP contribution in [0.4, 0.5) is 13.2 Å². The second-order valence-corrected chi connectivity index (χ2v) is 4.53. The molecule has 0 heterocycles. The van der Waals surface area contributed by atoms with Gasteiger partial charge in [-0.1, -0.05) is 42.5 Å². The predicted octanol–water partition coefficient (Wildman–Crippen LogP) is 4.88. The van der Waals surface area contributed by atoms with Crippen molar-refractivity contribution in [1.82, 2.24) is 0 Å². The number of alkyl halides is 3. The third-order valence-electron chi connectivity index (χ3n) is 3.05. The van der Waals surface area contributed by atoms with Crippen LogP contribution in [0, 0.1) is 0 Å². The van der Waals surface area contributed by atoms with E-state index in [0.29, 0.717) is 0 Å². The minimum absolute atomic E-state index is 0.584. The Morgan fingerprint density at radius 1 is 0.684 bits per heavy atom. The first-order valence-electron chi connectivity index (χ1n) is 6.26. The molecule has 0 saturated heterocycles. The average Bonchev–Trinajstić information content (AvgIpc) is 2.39. The quantitative estimate of drug-likeness (QED) is 0.738. The molecule has 2 rings (SSSR count). The summed E-state index contributed by atoms with van der Waals surface area (Å²) in [6, 6.07) is 15.5. The Morgan fingerprint density at radius 3 is 1.74 bits per heavy atom. The monoisotopic (exact) mass is 264 g/mol. The summed E-state index contributed by atoms with van der Waals surface area (Å²) >= 11 is 0. The van der Waals surface area contributed by atoms with Crippen molar-refractivity contribution in [3.8, 4) is 0 Å². The zero-order chi connectivity index (χ0) is 13.7. The number of benzene rings is 2. The number of hydrogen-bond donors (Lipinski definition) is 0. The molecular weight excluding hydrogens is 249 g/mol. The second-order valence-electron chi connectivity index (χ2n) is 4.53. The van der Waals surface area contributed by atoms with E-state index in [-0.39, 0.29) is 0 Å². The summed E-state index contributed by atoms with van der Waals surface area (Å²) < 4.78 is 37.2. The molecule has 0 N–H and O–H groups in total. The molecule has 0 bridgehead atoms. The molecule has 2 aromatic carbocycles. The van der Waals surface area contributed by atoms with E-state index < -0.39 is 11.7 Å². The van der Waals surface area contributed by atoms with Crippen LogP contribution in [0.2, 0.25) is 0 Å². The summed E-state index contributed by atoms with van der Waals surface area (Å²) in [4.78, 5) is 0. The van der Waals surface area contributed by atoms with Crippen LogP contribution in [0.25, 0.3) is 0 Å². The lowest BCUT2D eigenvalue weighted by atomic mass is 10.0. The number of hydrogen-bond acceptors (Lipinski definition) is 0. The molecule has 0 aliphatic rings. The van der Waals surface area contributed by atoms with Gasteiger partial charge in [-0.15, -0.1) is 0 Å². The van der Waals surface area contributed by atoms with Crippen LogP contribution in [-0.2, 0) is 19.0 Å². The van der Waals surface area contributed by atoms with Gasteiger partial charge in [-0.05, 0) is 42.5 Å². The molecule has 0 fully saturated rings. The van der Waals surface area contributed by atoms with E-state index in [9.17, 15) is 13.2 Å². The number of aryl methyl sites for hydroxylation is 2. The van der Waals surface area contributed by atoms with E-state index in [1.54, 1.807) is 12.1 Å². The first-order chi connectivity index (χ1) is 9.05. The van der Waals surface area contributed by atoms with E-state index in [2.05, 4.69) is 12.1 Å². The van der Waals surface area contributed by atoms with Crippen molar-refractivity contribution in [2.24, 2.45) is 0 Å². The highest BCUT2D eigenvalue weighted by Gasteiger charge is 2.29. The number of halogens is 3. The van der Waals surface area contributed by atoms with Gasteiger partial charge in [-0.3, -0.25) is 0 Å². The minimum Gasteiger partial charge on any atom is -0.166 e. The van der Waals surface area contributed by atoms with Crippen molar-refractivity contribution in [2.45, 2.75) is 25.4 Å². The molecule has 0 aliphatic heterocycles. The molecule has 19 heavy (non-hydrogen) atoms. The lowest BCUT2D eigenvalue weighted by Crippen LogP contribution is -2.04. The van der Waals surface area contributed by atoms with Gasteiger partial charge in [0.1, 0.15) is 0 Å². The van der Waals surface area contributed by atoms with Crippen molar-refractivity contribution < 1.29 is 13.2 Å². The summed E-state index contributed by atoms with van der Waals surface area (Å²) in [5.74, 6) is 0. The first kappa shape index (κ1) is 13.7. The van der Waals surface area contributed by atoms with Crippen LogP contribution in [0.1, 0.15) is 23.1 Å². The zero-order valence-electron chi connectivity index (χ0n) is 10.5. The fraction of sp³-hybridized carbons (Fsp3) is 0.250. The van der Waals surface area contributed by atoms with Gasteiger partial charge in [-0.25, -0.2) is 0 Å². The predicted molar refractivity (Wildman–Crippen MR) is 69.9 cm³/mol. The van der Waals surface area contributed by atoms with Crippen molar-refractivity contribution in [3.05, 3.63) is 71.3 Å². The Balaban J connectivity index is 1.87. The Labute approximate surface area is 110 Å². The van der Waals surface area contributed by atoms with Gasteiger partial charge in [-0.2, -0.15) is 13.2 Å². The molecule has 0 spiro atoms. The summed E-state index contributed by atoms with van der Waals surface area (Å²) in [6.07, 6.45) is -1.56.